The fraction of sp³-hybridized carbons (Fsp3) is 0.278. The summed E-state index contributed by atoms with van der Waals surface area (Å²) in [6, 6.07) is 12.2. The van der Waals surface area contributed by atoms with Crippen LogP contribution in [0.3, 0.4) is 0 Å². The fourth-order valence-electron chi connectivity index (χ4n) is 2.43. The van der Waals surface area contributed by atoms with Gasteiger partial charge in [0, 0.05) is 17.3 Å². The molecule has 0 heterocycles. The summed E-state index contributed by atoms with van der Waals surface area (Å²) < 4.78 is 13.7. The number of anilines is 1. The lowest BCUT2D eigenvalue weighted by molar-refractivity contribution is -0.115. The quantitative estimate of drug-likeness (QED) is 0.883. The number of benzene rings is 2. The molecule has 0 aliphatic heterocycles. The third-order valence-electron chi connectivity index (χ3n) is 3.45. The minimum absolute atomic E-state index is 0.127. The minimum atomic E-state index is -0.266. The largest absolute Gasteiger partial charge is 0.325 e. The van der Waals surface area contributed by atoms with Crippen molar-refractivity contribution in [2.45, 2.75) is 26.8 Å². The molecule has 0 spiro atoms. The van der Waals surface area contributed by atoms with Crippen LogP contribution in [0.5, 0.6) is 0 Å². The summed E-state index contributed by atoms with van der Waals surface area (Å²) in [5, 5.41) is 5.89. The predicted molar refractivity (Wildman–Crippen MR) is 87.4 cm³/mol. The van der Waals surface area contributed by atoms with Crippen LogP contribution in [0.25, 0.3) is 0 Å². The first-order chi connectivity index (χ1) is 10.5. The zero-order valence-electron chi connectivity index (χ0n) is 13.1. The molecule has 3 nitrogen and oxygen atoms in total. The molecule has 0 fully saturated rings. The van der Waals surface area contributed by atoms with E-state index < -0.39 is 0 Å². The van der Waals surface area contributed by atoms with Gasteiger partial charge in [0.05, 0.1) is 6.54 Å². The van der Waals surface area contributed by atoms with Crippen molar-refractivity contribution in [1.29, 1.82) is 0 Å². The highest BCUT2D eigenvalue weighted by Crippen LogP contribution is 2.16. The van der Waals surface area contributed by atoms with Crippen molar-refractivity contribution >= 4 is 11.6 Å². The summed E-state index contributed by atoms with van der Waals surface area (Å²) in [4.78, 5) is 12.0. The number of carbonyl (C=O) groups excluding carboxylic acids is 1. The maximum atomic E-state index is 13.7. The lowest BCUT2D eigenvalue weighted by atomic mass is 10.1. The Kier molecular flexibility index (Phi) is 5.28. The third kappa shape index (κ3) is 4.40. The maximum absolute atomic E-state index is 13.7. The lowest BCUT2D eigenvalue weighted by Gasteiger charge is -2.15. The van der Waals surface area contributed by atoms with Gasteiger partial charge in [-0.2, -0.15) is 0 Å². The average Bonchev–Trinajstić information content (AvgIpc) is 2.44. The first-order valence-corrected chi connectivity index (χ1v) is 7.31. The molecule has 0 saturated heterocycles. The normalized spacial score (nSPS) is 12.0. The molecule has 2 aromatic carbocycles. The average molecular weight is 300 g/mol. The number of halogens is 1. The van der Waals surface area contributed by atoms with Gasteiger partial charge in [-0.15, -0.1) is 0 Å². The van der Waals surface area contributed by atoms with Crippen LogP contribution >= 0.6 is 0 Å². The molecular weight excluding hydrogens is 279 g/mol. The fourth-order valence-corrected chi connectivity index (χ4v) is 2.43. The number of nitrogens with one attached hydrogen (secondary N) is 2. The van der Waals surface area contributed by atoms with Crippen LogP contribution in [0.2, 0.25) is 0 Å². The molecule has 1 unspecified atom stereocenters. The second-order valence-electron chi connectivity index (χ2n) is 5.55. The molecule has 2 aromatic rings. The second-order valence-corrected chi connectivity index (χ2v) is 5.55. The Morgan fingerprint density at radius 3 is 2.41 bits per heavy atom. The van der Waals surface area contributed by atoms with Crippen LogP contribution < -0.4 is 10.6 Å². The van der Waals surface area contributed by atoms with E-state index >= 15 is 0 Å². The summed E-state index contributed by atoms with van der Waals surface area (Å²) in [6.45, 7) is 5.94. The zero-order chi connectivity index (χ0) is 16.1. The third-order valence-corrected chi connectivity index (χ3v) is 3.45. The molecule has 2 N–H and O–H groups in total. The molecule has 0 aliphatic rings. The zero-order valence-corrected chi connectivity index (χ0v) is 13.1. The van der Waals surface area contributed by atoms with Gasteiger partial charge in [0.2, 0.25) is 5.91 Å². The van der Waals surface area contributed by atoms with Gasteiger partial charge in [-0.3, -0.25) is 4.79 Å². The van der Waals surface area contributed by atoms with Crippen molar-refractivity contribution in [3.05, 3.63) is 65.0 Å². The van der Waals surface area contributed by atoms with E-state index in [0.717, 1.165) is 16.8 Å². The highest BCUT2D eigenvalue weighted by atomic mass is 19.1. The van der Waals surface area contributed by atoms with Gasteiger partial charge in [-0.05, 0) is 50.1 Å². The van der Waals surface area contributed by atoms with Crippen LogP contribution in [0, 0.1) is 19.7 Å². The highest BCUT2D eigenvalue weighted by molar-refractivity contribution is 5.92. The maximum Gasteiger partial charge on any atom is 0.238 e. The molecule has 0 aromatic heterocycles. The van der Waals surface area contributed by atoms with Gasteiger partial charge in [0.15, 0.2) is 0 Å². The molecule has 4 heteroatoms. The Bertz CT molecular complexity index is 650. The van der Waals surface area contributed by atoms with E-state index in [1.54, 1.807) is 18.2 Å². The minimum Gasteiger partial charge on any atom is -0.325 e. The van der Waals surface area contributed by atoms with Crippen LogP contribution in [-0.2, 0) is 4.79 Å². The van der Waals surface area contributed by atoms with E-state index in [2.05, 4.69) is 10.6 Å². The number of hydrogen-bond acceptors (Lipinski definition) is 2. The van der Waals surface area contributed by atoms with Crippen LogP contribution in [0.4, 0.5) is 10.1 Å². The van der Waals surface area contributed by atoms with Crippen molar-refractivity contribution in [3.63, 3.8) is 0 Å². The van der Waals surface area contributed by atoms with Gasteiger partial charge in [-0.25, -0.2) is 4.39 Å². The Morgan fingerprint density at radius 2 is 1.77 bits per heavy atom. The summed E-state index contributed by atoms with van der Waals surface area (Å²) in [5.74, 6) is -0.412. The van der Waals surface area contributed by atoms with Gasteiger partial charge in [0.1, 0.15) is 5.82 Å². The molecule has 1 amide bonds. The Balaban J connectivity index is 1.91. The van der Waals surface area contributed by atoms with E-state index in [1.807, 2.05) is 39.0 Å². The van der Waals surface area contributed by atoms with E-state index in [-0.39, 0.29) is 24.3 Å². The molecule has 0 bridgehead atoms. The molecule has 1 atom stereocenters. The molecular formula is C18H21FN2O. The van der Waals surface area contributed by atoms with Gasteiger partial charge in [-0.1, -0.05) is 24.3 Å². The molecule has 0 aliphatic carbocycles. The SMILES string of the molecule is Cc1cc(C)cc(NC(=O)CNC(C)c2ccccc2F)c1. The number of rotatable bonds is 5. The monoisotopic (exact) mass is 300 g/mol. The molecule has 116 valence electrons. The molecule has 2 rings (SSSR count). The van der Waals surface area contributed by atoms with E-state index in [0.29, 0.717) is 5.56 Å². The number of aryl methyl sites for hydroxylation is 2. The van der Waals surface area contributed by atoms with Crippen LogP contribution in [0.15, 0.2) is 42.5 Å². The van der Waals surface area contributed by atoms with Crippen molar-refractivity contribution in [2.24, 2.45) is 0 Å². The smallest absolute Gasteiger partial charge is 0.238 e. The van der Waals surface area contributed by atoms with Gasteiger partial charge >= 0.3 is 0 Å². The van der Waals surface area contributed by atoms with Crippen molar-refractivity contribution < 1.29 is 9.18 Å². The summed E-state index contributed by atoms with van der Waals surface area (Å²) in [5.41, 5.74) is 3.54. The first kappa shape index (κ1) is 16.2. The van der Waals surface area contributed by atoms with Crippen molar-refractivity contribution in [1.82, 2.24) is 5.32 Å². The number of amides is 1. The standard InChI is InChI=1S/C18H21FN2O/c1-12-8-13(2)10-15(9-12)21-18(22)11-20-14(3)16-6-4-5-7-17(16)19/h4-10,14,20H,11H2,1-3H3,(H,21,22). The Morgan fingerprint density at radius 1 is 1.14 bits per heavy atom. The van der Waals surface area contributed by atoms with Crippen molar-refractivity contribution in [2.75, 3.05) is 11.9 Å². The first-order valence-electron chi connectivity index (χ1n) is 7.31. The summed E-state index contributed by atoms with van der Waals surface area (Å²) >= 11 is 0. The summed E-state index contributed by atoms with van der Waals surface area (Å²) in [7, 11) is 0. The number of carbonyl (C=O) groups is 1. The van der Waals surface area contributed by atoms with Gasteiger partial charge < -0.3 is 10.6 Å². The van der Waals surface area contributed by atoms with Gasteiger partial charge in [0.25, 0.3) is 0 Å². The predicted octanol–water partition coefficient (Wildman–Crippen LogP) is 3.73. The summed E-state index contributed by atoms with van der Waals surface area (Å²) in [6.07, 6.45) is 0. The van der Waals surface area contributed by atoms with E-state index in [9.17, 15) is 9.18 Å². The molecule has 22 heavy (non-hydrogen) atoms. The Hall–Kier alpha value is -2.20. The topological polar surface area (TPSA) is 41.1 Å². The van der Waals surface area contributed by atoms with Crippen LogP contribution in [0.1, 0.15) is 29.7 Å². The van der Waals surface area contributed by atoms with E-state index in [1.165, 1.54) is 6.07 Å². The molecule has 0 radical (unpaired) electrons. The lowest BCUT2D eigenvalue weighted by Crippen LogP contribution is -2.30. The number of hydrogen-bond donors (Lipinski definition) is 2. The highest BCUT2D eigenvalue weighted by Gasteiger charge is 2.11. The second kappa shape index (κ2) is 7.18. The van der Waals surface area contributed by atoms with E-state index in [4.69, 9.17) is 0 Å². The molecule has 0 saturated carbocycles. The Labute approximate surface area is 130 Å². The van der Waals surface area contributed by atoms with Crippen LogP contribution in [-0.4, -0.2) is 12.5 Å². The van der Waals surface area contributed by atoms with Crippen molar-refractivity contribution in [3.8, 4) is 0 Å².